The summed E-state index contributed by atoms with van der Waals surface area (Å²) in [7, 11) is 0. The first-order valence-electron chi connectivity index (χ1n) is 7.61. The molecule has 0 unspecified atom stereocenters. The van der Waals surface area contributed by atoms with E-state index in [9.17, 15) is 9.90 Å². The van der Waals surface area contributed by atoms with Gasteiger partial charge in [0.15, 0.2) is 0 Å². The lowest BCUT2D eigenvalue weighted by Gasteiger charge is -2.42. The van der Waals surface area contributed by atoms with E-state index in [-0.39, 0.29) is 17.7 Å². The van der Waals surface area contributed by atoms with Crippen molar-refractivity contribution in [2.45, 2.75) is 64.2 Å². The second kappa shape index (κ2) is 5.53. The smallest absolute Gasteiger partial charge is 0.410 e. The van der Waals surface area contributed by atoms with E-state index in [1.54, 1.807) is 0 Å². The first-order valence-corrected chi connectivity index (χ1v) is 7.61. The fraction of sp³-hybridized carbons (Fsp3) is 0.933. The summed E-state index contributed by atoms with van der Waals surface area (Å²) in [5.41, 5.74) is -0.414. The molecule has 2 aliphatic heterocycles. The molecule has 2 rings (SSSR count). The van der Waals surface area contributed by atoms with Crippen LogP contribution in [0.5, 0.6) is 0 Å². The van der Waals surface area contributed by atoms with E-state index in [2.05, 4.69) is 11.8 Å². The molecule has 0 radical (unpaired) electrons. The molecule has 5 nitrogen and oxygen atoms in total. The Kier molecular flexibility index (Phi) is 4.30. The number of ether oxygens (including phenoxy) is 1. The molecule has 2 heterocycles. The van der Waals surface area contributed by atoms with Gasteiger partial charge in [-0.05, 0) is 47.0 Å². The van der Waals surface area contributed by atoms with Gasteiger partial charge in [-0.15, -0.1) is 0 Å². The molecule has 0 aromatic heterocycles. The van der Waals surface area contributed by atoms with Crippen LogP contribution in [0.25, 0.3) is 0 Å². The summed E-state index contributed by atoms with van der Waals surface area (Å²) >= 11 is 0. The van der Waals surface area contributed by atoms with Crippen molar-refractivity contribution in [3.63, 3.8) is 0 Å². The monoisotopic (exact) mass is 284 g/mol. The molecule has 0 aromatic rings. The Hall–Kier alpha value is -0.810. The number of carbonyl (C=O) groups is 1. The van der Waals surface area contributed by atoms with Gasteiger partial charge in [-0.1, -0.05) is 0 Å². The Morgan fingerprint density at radius 2 is 1.85 bits per heavy atom. The molecule has 1 amide bonds. The summed E-state index contributed by atoms with van der Waals surface area (Å²) in [5.74, 6) is 0. The Bertz CT molecular complexity index is 359. The quantitative estimate of drug-likeness (QED) is 0.798. The van der Waals surface area contributed by atoms with Gasteiger partial charge in [0, 0.05) is 31.7 Å². The molecule has 5 heteroatoms. The SMILES string of the molecule is CC(C)(C)OC(=O)N1CC[C@](C)(N2CCC(O)CC2)C1. The van der Waals surface area contributed by atoms with Crippen molar-refractivity contribution >= 4 is 6.09 Å². The van der Waals surface area contributed by atoms with Gasteiger partial charge in [-0.2, -0.15) is 0 Å². The largest absolute Gasteiger partial charge is 0.444 e. The van der Waals surface area contributed by atoms with E-state index in [4.69, 9.17) is 4.74 Å². The van der Waals surface area contributed by atoms with Crippen LogP contribution in [0, 0.1) is 0 Å². The van der Waals surface area contributed by atoms with Gasteiger partial charge in [0.05, 0.1) is 6.10 Å². The molecule has 0 aromatic carbocycles. The van der Waals surface area contributed by atoms with Crippen LogP contribution < -0.4 is 0 Å². The topological polar surface area (TPSA) is 53.0 Å². The summed E-state index contributed by atoms with van der Waals surface area (Å²) < 4.78 is 5.45. The van der Waals surface area contributed by atoms with Gasteiger partial charge in [-0.25, -0.2) is 4.79 Å². The van der Waals surface area contributed by atoms with Gasteiger partial charge >= 0.3 is 6.09 Å². The van der Waals surface area contributed by atoms with E-state index in [1.165, 1.54) is 0 Å². The van der Waals surface area contributed by atoms with Crippen LogP contribution in [-0.2, 0) is 4.74 Å². The Balaban J connectivity index is 1.92. The van der Waals surface area contributed by atoms with Crippen LogP contribution in [0.1, 0.15) is 47.0 Å². The highest BCUT2D eigenvalue weighted by Crippen LogP contribution is 2.31. The molecule has 0 bridgehead atoms. The second-order valence-electron chi connectivity index (χ2n) is 7.37. The molecule has 2 aliphatic rings. The van der Waals surface area contributed by atoms with Gasteiger partial charge in [0.25, 0.3) is 0 Å². The zero-order valence-corrected chi connectivity index (χ0v) is 13.2. The molecule has 0 saturated carbocycles. The number of hydrogen-bond acceptors (Lipinski definition) is 4. The maximum absolute atomic E-state index is 12.1. The third-order valence-corrected chi connectivity index (χ3v) is 4.33. The maximum atomic E-state index is 12.1. The molecule has 2 saturated heterocycles. The van der Waals surface area contributed by atoms with Crippen molar-refractivity contribution in [3.05, 3.63) is 0 Å². The molecule has 2 fully saturated rings. The van der Waals surface area contributed by atoms with Gasteiger partial charge in [0.2, 0.25) is 0 Å². The van der Waals surface area contributed by atoms with Crippen molar-refractivity contribution in [2.24, 2.45) is 0 Å². The van der Waals surface area contributed by atoms with Crippen molar-refractivity contribution in [3.8, 4) is 0 Å². The number of piperidine rings is 1. The lowest BCUT2D eigenvalue weighted by Crippen LogP contribution is -2.52. The third kappa shape index (κ3) is 3.64. The fourth-order valence-electron chi connectivity index (χ4n) is 3.09. The zero-order chi connectivity index (χ0) is 15.0. The summed E-state index contributed by atoms with van der Waals surface area (Å²) in [6, 6.07) is 0. The van der Waals surface area contributed by atoms with Crippen LogP contribution >= 0.6 is 0 Å². The predicted molar refractivity (Wildman–Crippen MR) is 77.6 cm³/mol. The average molecular weight is 284 g/mol. The Morgan fingerprint density at radius 3 is 2.40 bits per heavy atom. The molecular formula is C15H28N2O3. The minimum Gasteiger partial charge on any atom is -0.444 e. The number of aliphatic hydroxyl groups excluding tert-OH is 1. The molecule has 0 spiro atoms. The van der Waals surface area contributed by atoms with E-state index < -0.39 is 5.60 Å². The van der Waals surface area contributed by atoms with Gasteiger partial charge in [0.1, 0.15) is 5.60 Å². The number of likely N-dealkylation sites (tertiary alicyclic amines) is 2. The first kappa shape index (κ1) is 15.6. The number of carbonyl (C=O) groups excluding carboxylic acids is 1. The van der Waals surface area contributed by atoms with Crippen LogP contribution in [0.3, 0.4) is 0 Å². The number of amides is 1. The Labute approximate surface area is 121 Å². The number of nitrogens with zero attached hydrogens (tertiary/aromatic N) is 2. The van der Waals surface area contributed by atoms with E-state index >= 15 is 0 Å². The normalized spacial score (nSPS) is 29.8. The summed E-state index contributed by atoms with van der Waals surface area (Å²) in [6.07, 6.45) is 2.28. The molecule has 116 valence electrons. The van der Waals surface area contributed by atoms with Crippen LogP contribution in [0.4, 0.5) is 4.79 Å². The summed E-state index contributed by atoms with van der Waals surface area (Å²) in [6.45, 7) is 11.2. The van der Waals surface area contributed by atoms with Crippen LogP contribution in [-0.4, -0.2) is 64.4 Å². The molecule has 1 N–H and O–H groups in total. The number of aliphatic hydroxyl groups is 1. The highest BCUT2D eigenvalue weighted by atomic mass is 16.6. The maximum Gasteiger partial charge on any atom is 0.410 e. The molecule has 1 atom stereocenters. The van der Waals surface area contributed by atoms with Crippen molar-refractivity contribution < 1.29 is 14.6 Å². The third-order valence-electron chi connectivity index (χ3n) is 4.33. The summed E-state index contributed by atoms with van der Waals surface area (Å²) in [5, 5.41) is 9.61. The average Bonchev–Trinajstić information content (AvgIpc) is 2.72. The second-order valence-corrected chi connectivity index (χ2v) is 7.37. The standard InChI is InChI=1S/C15H28N2O3/c1-14(2,3)20-13(19)16-10-7-15(4,11-16)17-8-5-12(18)6-9-17/h12,18H,5-11H2,1-4H3/t15-/m0/s1. The van der Waals surface area contributed by atoms with Gasteiger partial charge in [-0.3, -0.25) is 4.90 Å². The number of rotatable bonds is 1. The van der Waals surface area contributed by atoms with E-state index in [0.29, 0.717) is 0 Å². The Morgan fingerprint density at radius 1 is 1.25 bits per heavy atom. The van der Waals surface area contributed by atoms with Gasteiger partial charge < -0.3 is 14.7 Å². The van der Waals surface area contributed by atoms with Crippen LogP contribution in [0.2, 0.25) is 0 Å². The summed E-state index contributed by atoms with van der Waals surface area (Å²) in [4.78, 5) is 16.4. The zero-order valence-electron chi connectivity index (χ0n) is 13.2. The highest BCUT2D eigenvalue weighted by Gasteiger charge is 2.42. The van der Waals surface area contributed by atoms with E-state index in [1.807, 2.05) is 25.7 Å². The highest BCUT2D eigenvalue weighted by molar-refractivity contribution is 5.68. The van der Waals surface area contributed by atoms with Crippen molar-refractivity contribution in [1.82, 2.24) is 9.80 Å². The van der Waals surface area contributed by atoms with Crippen molar-refractivity contribution in [2.75, 3.05) is 26.2 Å². The van der Waals surface area contributed by atoms with E-state index in [0.717, 1.165) is 45.4 Å². The predicted octanol–water partition coefficient (Wildman–Crippen LogP) is 1.84. The van der Waals surface area contributed by atoms with Crippen molar-refractivity contribution in [1.29, 1.82) is 0 Å². The molecule has 20 heavy (non-hydrogen) atoms. The molecule has 0 aliphatic carbocycles. The first-order chi connectivity index (χ1) is 9.20. The minimum atomic E-state index is -0.439. The lowest BCUT2D eigenvalue weighted by atomic mass is 9.95. The lowest BCUT2D eigenvalue weighted by molar-refractivity contribution is 0.0131. The fourth-order valence-corrected chi connectivity index (χ4v) is 3.09. The number of hydrogen-bond donors (Lipinski definition) is 1. The molecular weight excluding hydrogens is 256 g/mol. The minimum absolute atomic E-state index is 0.0248. The van der Waals surface area contributed by atoms with Crippen LogP contribution in [0.15, 0.2) is 0 Å².